The number of carbonyl (C=O) groups is 1. The van der Waals surface area contributed by atoms with Crippen LogP contribution in [0.4, 0.5) is 0 Å². The van der Waals surface area contributed by atoms with Crippen LogP contribution in [0.5, 0.6) is 5.75 Å². The van der Waals surface area contributed by atoms with Gasteiger partial charge in [0.25, 0.3) is 0 Å². The highest BCUT2D eigenvalue weighted by molar-refractivity contribution is 7.99. The second kappa shape index (κ2) is 10.9. The lowest BCUT2D eigenvalue weighted by Crippen LogP contribution is -2.34. The van der Waals surface area contributed by atoms with Crippen LogP contribution in [0.15, 0.2) is 42.1 Å². The molecule has 28 heavy (non-hydrogen) atoms. The van der Waals surface area contributed by atoms with E-state index >= 15 is 0 Å². The maximum absolute atomic E-state index is 12.3. The number of nitrogens with zero attached hydrogens (tertiary/aromatic N) is 3. The van der Waals surface area contributed by atoms with Crippen molar-refractivity contribution < 1.29 is 9.53 Å². The quantitative estimate of drug-likeness (QED) is 0.451. The largest absolute Gasteiger partial charge is 0.496 e. The number of allylic oxidation sites excluding steroid dienone is 1. The molecule has 0 aliphatic carbocycles. The summed E-state index contributed by atoms with van der Waals surface area (Å²) >= 11 is 1.38. The summed E-state index contributed by atoms with van der Waals surface area (Å²) in [4.78, 5) is 12.3. The zero-order valence-corrected chi connectivity index (χ0v) is 18.0. The number of benzene rings is 1. The SMILES string of the molecule is C=CCn1c(SCC(=O)N[C@H](C)CCC(C)C)nnc1-c1ccccc1OC. The Balaban J connectivity index is 2.07. The van der Waals surface area contributed by atoms with Gasteiger partial charge in [0, 0.05) is 12.6 Å². The molecule has 1 heterocycles. The molecule has 0 fully saturated rings. The molecule has 152 valence electrons. The van der Waals surface area contributed by atoms with E-state index in [2.05, 4.69) is 35.9 Å². The van der Waals surface area contributed by atoms with Gasteiger partial charge < -0.3 is 10.1 Å². The molecule has 0 radical (unpaired) electrons. The second-order valence-corrected chi connectivity index (χ2v) is 8.08. The van der Waals surface area contributed by atoms with Gasteiger partial charge in [-0.1, -0.05) is 43.8 Å². The Morgan fingerprint density at radius 2 is 2.04 bits per heavy atom. The monoisotopic (exact) mass is 402 g/mol. The first-order valence-corrected chi connectivity index (χ1v) is 10.5. The molecule has 0 saturated heterocycles. The highest BCUT2D eigenvalue weighted by Gasteiger charge is 2.18. The van der Waals surface area contributed by atoms with E-state index in [0.717, 1.165) is 24.2 Å². The van der Waals surface area contributed by atoms with Crippen molar-refractivity contribution in [1.29, 1.82) is 0 Å². The number of hydrogen-bond donors (Lipinski definition) is 1. The van der Waals surface area contributed by atoms with E-state index in [0.29, 0.717) is 29.2 Å². The molecule has 1 amide bonds. The van der Waals surface area contributed by atoms with Crippen molar-refractivity contribution >= 4 is 17.7 Å². The third-order valence-electron chi connectivity index (χ3n) is 4.29. The Bertz CT molecular complexity index is 788. The Labute approximate surface area is 171 Å². The van der Waals surface area contributed by atoms with Crippen LogP contribution in [0.25, 0.3) is 11.4 Å². The van der Waals surface area contributed by atoms with E-state index in [-0.39, 0.29) is 11.9 Å². The molecule has 0 saturated carbocycles. The average Bonchev–Trinajstić information content (AvgIpc) is 3.07. The molecule has 2 rings (SSSR count). The Kier molecular flexibility index (Phi) is 8.57. The first-order chi connectivity index (χ1) is 13.5. The van der Waals surface area contributed by atoms with Crippen LogP contribution in [0, 0.1) is 5.92 Å². The molecule has 0 unspecified atom stereocenters. The van der Waals surface area contributed by atoms with Crippen molar-refractivity contribution in [2.75, 3.05) is 12.9 Å². The standard InChI is InChI=1S/C21H30N4O2S/c1-6-13-25-20(17-9-7-8-10-18(17)27-5)23-24-21(25)28-14-19(26)22-16(4)12-11-15(2)3/h6-10,15-16H,1,11-14H2,2-5H3,(H,22,26)/t16-/m1/s1. The van der Waals surface area contributed by atoms with Gasteiger partial charge in [0.05, 0.1) is 18.4 Å². The van der Waals surface area contributed by atoms with Gasteiger partial charge in [0.15, 0.2) is 11.0 Å². The molecule has 0 spiro atoms. The number of methoxy groups -OCH3 is 1. The first kappa shape index (κ1) is 22.0. The molecule has 7 heteroatoms. The number of hydrogen-bond acceptors (Lipinski definition) is 5. The number of rotatable bonds is 11. The van der Waals surface area contributed by atoms with Crippen molar-refractivity contribution in [2.45, 2.75) is 51.4 Å². The maximum Gasteiger partial charge on any atom is 0.230 e. The van der Waals surface area contributed by atoms with Crippen molar-refractivity contribution in [3.05, 3.63) is 36.9 Å². The number of nitrogens with one attached hydrogen (secondary N) is 1. The number of para-hydroxylation sites is 1. The lowest BCUT2D eigenvalue weighted by atomic mass is 10.0. The fourth-order valence-corrected chi connectivity index (χ4v) is 3.58. The minimum absolute atomic E-state index is 0.00764. The molecule has 2 aromatic rings. The van der Waals surface area contributed by atoms with E-state index in [1.165, 1.54) is 11.8 Å². The summed E-state index contributed by atoms with van der Waals surface area (Å²) in [6.07, 6.45) is 3.88. The zero-order chi connectivity index (χ0) is 20.5. The molecular weight excluding hydrogens is 372 g/mol. The predicted molar refractivity (Wildman–Crippen MR) is 115 cm³/mol. The van der Waals surface area contributed by atoms with Gasteiger partial charge in [-0.25, -0.2) is 0 Å². The maximum atomic E-state index is 12.3. The van der Waals surface area contributed by atoms with Gasteiger partial charge in [0.2, 0.25) is 5.91 Å². The number of amides is 1. The van der Waals surface area contributed by atoms with Gasteiger partial charge in [-0.3, -0.25) is 9.36 Å². The predicted octanol–water partition coefficient (Wildman–Crippen LogP) is 4.17. The summed E-state index contributed by atoms with van der Waals surface area (Å²) < 4.78 is 7.40. The summed E-state index contributed by atoms with van der Waals surface area (Å²) in [5.41, 5.74) is 0.859. The third kappa shape index (κ3) is 6.12. The van der Waals surface area contributed by atoms with Crippen molar-refractivity contribution in [3.8, 4) is 17.1 Å². The van der Waals surface area contributed by atoms with Gasteiger partial charge in [-0.15, -0.1) is 16.8 Å². The summed E-state index contributed by atoms with van der Waals surface area (Å²) in [7, 11) is 1.63. The molecule has 1 atom stereocenters. The van der Waals surface area contributed by atoms with Crippen LogP contribution in [-0.4, -0.2) is 39.6 Å². The van der Waals surface area contributed by atoms with E-state index in [1.807, 2.05) is 35.8 Å². The van der Waals surface area contributed by atoms with Crippen molar-refractivity contribution in [2.24, 2.45) is 5.92 Å². The molecule has 0 aliphatic heterocycles. The van der Waals surface area contributed by atoms with Crippen LogP contribution in [0.1, 0.15) is 33.6 Å². The summed E-state index contributed by atoms with van der Waals surface area (Å²) in [6, 6.07) is 7.85. The van der Waals surface area contributed by atoms with Crippen molar-refractivity contribution in [3.63, 3.8) is 0 Å². The number of ether oxygens (including phenoxy) is 1. The molecule has 1 aromatic heterocycles. The topological polar surface area (TPSA) is 69.0 Å². The lowest BCUT2D eigenvalue weighted by Gasteiger charge is -2.15. The van der Waals surface area contributed by atoms with Crippen LogP contribution in [0.3, 0.4) is 0 Å². The third-order valence-corrected chi connectivity index (χ3v) is 5.26. The highest BCUT2D eigenvalue weighted by atomic mass is 32.2. The minimum Gasteiger partial charge on any atom is -0.496 e. The van der Waals surface area contributed by atoms with E-state index in [4.69, 9.17) is 4.74 Å². The molecule has 1 aromatic carbocycles. The molecule has 6 nitrogen and oxygen atoms in total. The van der Waals surface area contributed by atoms with Crippen molar-refractivity contribution in [1.82, 2.24) is 20.1 Å². The highest BCUT2D eigenvalue weighted by Crippen LogP contribution is 2.30. The lowest BCUT2D eigenvalue weighted by molar-refractivity contribution is -0.119. The molecular formula is C21H30N4O2S. The number of aromatic nitrogens is 3. The molecule has 0 aliphatic rings. The van der Waals surface area contributed by atoms with E-state index < -0.39 is 0 Å². The minimum atomic E-state index is 0.00764. The normalized spacial score (nSPS) is 12.0. The van der Waals surface area contributed by atoms with Crippen LogP contribution >= 0.6 is 11.8 Å². The Morgan fingerprint density at radius 1 is 1.29 bits per heavy atom. The van der Waals surface area contributed by atoms with E-state index in [1.54, 1.807) is 13.2 Å². The number of carbonyl (C=O) groups excluding carboxylic acids is 1. The van der Waals surface area contributed by atoms with E-state index in [9.17, 15) is 4.79 Å². The van der Waals surface area contributed by atoms with Gasteiger partial charge >= 0.3 is 0 Å². The summed E-state index contributed by atoms with van der Waals surface area (Å²) in [5.74, 6) is 2.37. The number of thioether (sulfide) groups is 1. The first-order valence-electron chi connectivity index (χ1n) is 9.55. The van der Waals surface area contributed by atoms with Crippen LogP contribution in [0.2, 0.25) is 0 Å². The van der Waals surface area contributed by atoms with Crippen LogP contribution < -0.4 is 10.1 Å². The van der Waals surface area contributed by atoms with Gasteiger partial charge in [0.1, 0.15) is 5.75 Å². The van der Waals surface area contributed by atoms with Gasteiger partial charge in [-0.05, 0) is 37.8 Å². The molecule has 1 N–H and O–H groups in total. The Hall–Kier alpha value is -2.28. The second-order valence-electron chi connectivity index (χ2n) is 7.13. The fraction of sp³-hybridized carbons (Fsp3) is 0.476. The smallest absolute Gasteiger partial charge is 0.230 e. The average molecular weight is 403 g/mol. The van der Waals surface area contributed by atoms with Gasteiger partial charge in [-0.2, -0.15) is 0 Å². The summed E-state index contributed by atoms with van der Waals surface area (Å²) in [6.45, 7) is 10.8. The Morgan fingerprint density at radius 3 is 2.71 bits per heavy atom. The fourth-order valence-electron chi connectivity index (χ4n) is 2.82. The molecule has 0 bridgehead atoms. The summed E-state index contributed by atoms with van der Waals surface area (Å²) in [5, 5.41) is 12.4. The van der Waals surface area contributed by atoms with Crippen LogP contribution in [-0.2, 0) is 11.3 Å². The zero-order valence-electron chi connectivity index (χ0n) is 17.1.